The number of piperidine rings is 1. The van der Waals surface area contributed by atoms with Crippen LogP contribution in [0.2, 0.25) is 0 Å². The first-order valence-corrected chi connectivity index (χ1v) is 8.27. The fourth-order valence-electron chi connectivity index (χ4n) is 3.24. The van der Waals surface area contributed by atoms with Crippen LogP contribution < -0.4 is 5.56 Å². The van der Waals surface area contributed by atoms with E-state index >= 15 is 0 Å². The molecule has 1 aromatic carbocycles. The van der Waals surface area contributed by atoms with Gasteiger partial charge >= 0.3 is 0 Å². The lowest BCUT2D eigenvalue weighted by Crippen LogP contribution is -2.35. The van der Waals surface area contributed by atoms with E-state index in [4.69, 9.17) is 0 Å². The molecule has 6 heteroatoms. The lowest BCUT2D eigenvalue weighted by atomic mass is 9.89. The predicted molar refractivity (Wildman–Crippen MR) is 87.7 cm³/mol. The van der Waals surface area contributed by atoms with Gasteiger partial charge in [0.1, 0.15) is 17.7 Å². The summed E-state index contributed by atoms with van der Waals surface area (Å²) in [5.41, 5.74) is 0.494. The largest absolute Gasteiger partial charge is 0.326 e. The van der Waals surface area contributed by atoms with E-state index < -0.39 is 12.0 Å². The molecule has 2 heterocycles. The Kier molecular flexibility index (Phi) is 5.35. The number of nitrogens with one attached hydrogen (secondary N) is 1. The van der Waals surface area contributed by atoms with Gasteiger partial charge in [-0.1, -0.05) is 18.2 Å². The minimum absolute atomic E-state index is 0.153. The summed E-state index contributed by atoms with van der Waals surface area (Å²) in [6, 6.07) is 6.05. The quantitative estimate of drug-likeness (QED) is 0.914. The molecule has 1 fully saturated rings. The fourth-order valence-corrected chi connectivity index (χ4v) is 3.24. The van der Waals surface area contributed by atoms with Gasteiger partial charge < -0.3 is 4.98 Å². The summed E-state index contributed by atoms with van der Waals surface area (Å²) in [7, 11) is 0. The Balaban J connectivity index is 1.51. The summed E-state index contributed by atoms with van der Waals surface area (Å²) in [5.74, 6) is -0.241. The van der Waals surface area contributed by atoms with Crippen molar-refractivity contribution in [3.05, 3.63) is 64.1 Å². The SMILES string of the molecule is O=c1[nH]ccnc1CN1CCC(CC(F)c2ccccc2F)CC1. The normalized spacial score (nSPS) is 17.8. The summed E-state index contributed by atoms with van der Waals surface area (Å²) in [6.45, 7) is 2.10. The molecule has 1 unspecified atom stereocenters. The third-order valence-electron chi connectivity index (χ3n) is 4.64. The standard InChI is InChI=1S/C18H21F2N3O/c19-15-4-2-1-3-14(15)16(20)11-13-5-9-23(10-6-13)12-17-18(24)22-8-7-21-17/h1-4,7-8,13,16H,5-6,9-12H2,(H,22,24). The van der Waals surface area contributed by atoms with Gasteiger partial charge in [0.05, 0.1) is 0 Å². The van der Waals surface area contributed by atoms with Crippen LogP contribution >= 0.6 is 0 Å². The van der Waals surface area contributed by atoms with Gasteiger partial charge in [-0.2, -0.15) is 0 Å². The Bertz CT molecular complexity index is 726. The summed E-state index contributed by atoms with van der Waals surface area (Å²) in [5, 5.41) is 0. The van der Waals surface area contributed by atoms with Crippen molar-refractivity contribution in [2.24, 2.45) is 5.92 Å². The van der Waals surface area contributed by atoms with Crippen LogP contribution in [0.3, 0.4) is 0 Å². The first kappa shape index (κ1) is 16.8. The number of nitrogens with zero attached hydrogens (tertiary/aromatic N) is 2. The average molecular weight is 333 g/mol. The molecule has 128 valence electrons. The molecule has 24 heavy (non-hydrogen) atoms. The van der Waals surface area contributed by atoms with E-state index in [9.17, 15) is 13.6 Å². The van der Waals surface area contributed by atoms with Crippen LogP contribution in [0.25, 0.3) is 0 Å². The molecule has 3 rings (SSSR count). The number of alkyl halides is 1. The van der Waals surface area contributed by atoms with Crippen LogP contribution in [-0.2, 0) is 6.54 Å². The lowest BCUT2D eigenvalue weighted by molar-refractivity contribution is 0.147. The molecule has 1 aliphatic rings. The summed E-state index contributed by atoms with van der Waals surface area (Å²) >= 11 is 0. The van der Waals surface area contributed by atoms with Gasteiger partial charge in [0, 0.05) is 24.5 Å². The second-order valence-electron chi connectivity index (χ2n) is 6.31. The summed E-state index contributed by atoms with van der Waals surface area (Å²) < 4.78 is 28.0. The van der Waals surface area contributed by atoms with Gasteiger partial charge in [0.15, 0.2) is 0 Å². The molecule has 0 amide bonds. The highest BCUT2D eigenvalue weighted by atomic mass is 19.1. The molecule has 4 nitrogen and oxygen atoms in total. The molecule has 0 spiro atoms. The average Bonchev–Trinajstić information content (AvgIpc) is 2.59. The van der Waals surface area contributed by atoms with E-state index in [0.29, 0.717) is 18.7 Å². The smallest absolute Gasteiger partial charge is 0.270 e. The minimum atomic E-state index is -1.26. The topological polar surface area (TPSA) is 49.0 Å². The van der Waals surface area contributed by atoms with Crippen molar-refractivity contribution >= 4 is 0 Å². The second-order valence-corrected chi connectivity index (χ2v) is 6.31. The fraction of sp³-hybridized carbons (Fsp3) is 0.444. The second kappa shape index (κ2) is 7.66. The zero-order chi connectivity index (χ0) is 16.9. The van der Waals surface area contributed by atoms with Crippen LogP contribution in [0.5, 0.6) is 0 Å². The van der Waals surface area contributed by atoms with Gasteiger partial charge in [-0.25, -0.2) is 8.78 Å². The Morgan fingerprint density at radius 1 is 1.29 bits per heavy atom. The number of likely N-dealkylation sites (tertiary alicyclic amines) is 1. The summed E-state index contributed by atoms with van der Waals surface area (Å²) in [6.07, 6.45) is 3.87. The highest BCUT2D eigenvalue weighted by Crippen LogP contribution is 2.32. The van der Waals surface area contributed by atoms with Crippen LogP contribution in [-0.4, -0.2) is 28.0 Å². The maximum absolute atomic E-state index is 14.4. The Morgan fingerprint density at radius 3 is 2.75 bits per heavy atom. The predicted octanol–water partition coefficient (Wildman–Crippen LogP) is 3.22. The van der Waals surface area contributed by atoms with Gasteiger partial charge in [-0.05, 0) is 44.3 Å². The van der Waals surface area contributed by atoms with Crippen molar-refractivity contribution in [2.45, 2.75) is 32.0 Å². The van der Waals surface area contributed by atoms with E-state index in [1.807, 2.05) is 0 Å². The molecule has 2 aromatic rings. The molecule has 1 atom stereocenters. The number of aromatic nitrogens is 2. The number of H-pyrrole nitrogens is 1. The molecule has 0 bridgehead atoms. The number of aromatic amines is 1. The number of hydrogen-bond donors (Lipinski definition) is 1. The van der Waals surface area contributed by atoms with E-state index in [0.717, 1.165) is 25.9 Å². The van der Waals surface area contributed by atoms with E-state index in [1.165, 1.54) is 18.3 Å². The third-order valence-corrected chi connectivity index (χ3v) is 4.64. The first-order chi connectivity index (χ1) is 11.6. The zero-order valence-electron chi connectivity index (χ0n) is 13.4. The highest BCUT2D eigenvalue weighted by Gasteiger charge is 2.25. The van der Waals surface area contributed by atoms with Crippen LogP contribution in [0.1, 0.15) is 36.7 Å². The Labute approximate surface area is 139 Å². The monoisotopic (exact) mass is 333 g/mol. The van der Waals surface area contributed by atoms with Crippen molar-refractivity contribution in [1.82, 2.24) is 14.9 Å². The number of hydrogen-bond acceptors (Lipinski definition) is 3. The van der Waals surface area contributed by atoms with Gasteiger partial charge in [0.2, 0.25) is 0 Å². The number of halogens is 2. The van der Waals surface area contributed by atoms with Gasteiger partial charge in [0.25, 0.3) is 5.56 Å². The number of benzene rings is 1. The van der Waals surface area contributed by atoms with Crippen molar-refractivity contribution in [2.75, 3.05) is 13.1 Å². The van der Waals surface area contributed by atoms with Crippen molar-refractivity contribution in [3.8, 4) is 0 Å². The molecule has 0 radical (unpaired) electrons. The first-order valence-electron chi connectivity index (χ1n) is 8.27. The molecule has 1 saturated heterocycles. The zero-order valence-corrected chi connectivity index (χ0v) is 13.4. The summed E-state index contributed by atoms with van der Waals surface area (Å²) in [4.78, 5) is 20.5. The Hall–Kier alpha value is -2.08. The molecular formula is C18H21F2N3O. The third kappa shape index (κ3) is 4.06. The number of rotatable bonds is 5. The van der Waals surface area contributed by atoms with Gasteiger partial charge in [-0.3, -0.25) is 14.7 Å². The molecule has 0 saturated carbocycles. The highest BCUT2D eigenvalue weighted by molar-refractivity contribution is 5.19. The molecule has 1 aliphatic heterocycles. The molecule has 1 aromatic heterocycles. The van der Waals surface area contributed by atoms with Crippen LogP contribution in [0, 0.1) is 11.7 Å². The molecular weight excluding hydrogens is 312 g/mol. The maximum atomic E-state index is 14.4. The van der Waals surface area contributed by atoms with E-state index in [2.05, 4.69) is 14.9 Å². The van der Waals surface area contributed by atoms with Crippen molar-refractivity contribution < 1.29 is 8.78 Å². The van der Waals surface area contributed by atoms with Crippen LogP contribution in [0.15, 0.2) is 41.5 Å². The van der Waals surface area contributed by atoms with Crippen LogP contribution in [0.4, 0.5) is 8.78 Å². The van der Waals surface area contributed by atoms with Crippen molar-refractivity contribution in [1.29, 1.82) is 0 Å². The lowest BCUT2D eigenvalue weighted by Gasteiger charge is -2.32. The Morgan fingerprint density at radius 2 is 2.04 bits per heavy atom. The van der Waals surface area contributed by atoms with E-state index in [1.54, 1.807) is 18.3 Å². The van der Waals surface area contributed by atoms with E-state index in [-0.39, 0.29) is 17.0 Å². The minimum Gasteiger partial charge on any atom is -0.326 e. The van der Waals surface area contributed by atoms with Crippen molar-refractivity contribution in [3.63, 3.8) is 0 Å². The molecule has 1 N–H and O–H groups in total. The van der Waals surface area contributed by atoms with Gasteiger partial charge in [-0.15, -0.1) is 0 Å². The molecule has 0 aliphatic carbocycles. The maximum Gasteiger partial charge on any atom is 0.270 e.